The molecule has 0 unspecified atom stereocenters. The number of aryl methyl sites for hydroxylation is 1. The Morgan fingerprint density at radius 2 is 1.55 bits per heavy atom. The van der Waals surface area contributed by atoms with Crippen molar-refractivity contribution in [3.63, 3.8) is 0 Å². The summed E-state index contributed by atoms with van der Waals surface area (Å²) < 4.78 is 27.6. The van der Waals surface area contributed by atoms with Gasteiger partial charge >= 0.3 is 0 Å². The highest BCUT2D eigenvalue weighted by Gasteiger charge is 2.27. The number of amides is 1. The molecule has 0 radical (unpaired) electrons. The molecule has 0 aromatic heterocycles. The van der Waals surface area contributed by atoms with Crippen LogP contribution < -0.4 is 9.62 Å². The summed E-state index contributed by atoms with van der Waals surface area (Å²) in [6, 6.07) is 22.2. The molecule has 0 fully saturated rings. The number of anilines is 1. The summed E-state index contributed by atoms with van der Waals surface area (Å²) in [5.41, 5.74) is 2.25. The lowest BCUT2D eigenvalue weighted by Gasteiger charge is -2.24. The fourth-order valence-corrected chi connectivity index (χ4v) is 4.28. The van der Waals surface area contributed by atoms with E-state index in [1.165, 1.54) is 0 Å². The fraction of sp³-hybridized carbons (Fsp3) is 0.136. The number of carbonyl (C=O) groups excluding carboxylic acids is 1. The maximum Gasteiger partial charge on any atom is 0.264 e. The van der Waals surface area contributed by atoms with Gasteiger partial charge in [0.1, 0.15) is 6.54 Å². The first-order valence-electron chi connectivity index (χ1n) is 9.02. The van der Waals surface area contributed by atoms with Crippen molar-refractivity contribution in [2.45, 2.75) is 18.4 Å². The van der Waals surface area contributed by atoms with E-state index in [9.17, 15) is 13.2 Å². The van der Waals surface area contributed by atoms with E-state index in [1.54, 1.807) is 78.9 Å². The molecule has 0 spiro atoms. The first-order valence-corrected chi connectivity index (χ1v) is 10.8. The van der Waals surface area contributed by atoms with Crippen LogP contribution in [0.5, 0.6) is 0 Å². The normalized spacial score (nSPS) is 11.1. The maximum absolute atomic E-state index is 13.2. The minimum absolute atomic E-state index is 0.137. The lowest BCUT2D eigenvalue weighted by Crippen LogP contribution is -2.40. The molecule has 0 saturated heterocycles. The van der Waals surface area contributed by atoms with E-state index in [0.29, 0.717) is 10.7 Å². The maximum atomic E-state index is 13.2. The molecule has 3 rings (SSSR count). The summed E-state index contributed by atoms with van der Waals surface area (Å²) in [6.07, 6.45) is 0. The predicted octanol–water partition coefficient (Wildman–Crippen LogP) is 4.16. The van der Waals surface area contributed by atoms with Gasteiger partial charge < -0.3 is 5.32 Å². The predicted molar refractivity (Wildman–Crippen MR) is 115 cm³/mol. The highest BCUT2D eigenvalue weighted by Crippen LogP contribution is 2.23. The minimum atomic E-state index is -3.90. The van der Waals surface area contributed by atoms with Gasteiger partial charge in [0.15, 0.2) is 0 Å². The van der Waals surface area contributed by atoms with Crippen LogP contribution in [0.25, 0.3) is 0 Å². The SMILES string of the molecule is Cc1ccc(S(=O)(=O)N(CC(=O)NCc2ccc(Cl)cc2)c2ccccc2)cc1. The monoisotopic (exact) mass is 428 g/mol. The Labute approximate surface area is 176 Å². The molecule has 29 heavy (non-hydrogen) atoms. The molecule has 0 aliphatic rings. The van der Waals surface area contributed by atoms with Crippen molar-refractivity contribution in [1.29, 1.82) is 0 Å². The summed E-state index contributed by atoms with van der Waals surface area (Å²) in [5.74, 6) is -0.403. The summed E-state index contributed by atoms with van der Waals surface area (Å²) in [5, 5.41) is 3.37. The number of hydrogen-bond acceptors (Lipinski definition) is 3. The van der Waals surface area contributed by atoms with Gasteiger partial charge in [0.25, 0.3) is 10.0 Å². The summed E-state index contributed by atoms with van der Waals surface area (Å²) in [6.45, 7) is 1.84. The lowest BCUT2D eigenvalue weighted by atomic mass is 10.2. The van der Waals surface area contributed by atoms with Gasteiger partial charge in [0.05, 0.1) is 10.6 Å². The van der Waals surface area contributed by atoms with Crippen molar-refractivity contribution in [2.24, 2.45) is 0 Å². The average molecular weight is 429 g/mol. The van der Waals surface area contributed by atoms with Crippen LogP contribution in [0.2, 0.25) is 5.02 Å². The van der Waals surface area contributed by atoms with Gasteiger partial charge in [-0.3, -0.25) is 9.10 Å². The van der Waals surface area contributed by atoms with Crippen molar-refractivity contribution in [3.05, 3.63) is 95.0 Å². The van der Waals surface area contributed by atoms with Crippen LogP contribution in [0.3, 0.4) is 0 Å². The molecule has 1 amide bonds. The number of halogens is 1. The molecule has 0 bridgehead atoms. The smallest absolute Gasteiger partial charge is 0.264 e. The van der Waals surface area contributed by atoms with E-state index in [1.807, 2.05) is 6.92 Å². The Bertz CT molecular complexity index is 1070. The Morgan fingerprint density at radius 1 is 0.931 bits per heavy atom. The second-order valence-electron chi connectivity index (χ2n) is 6.56. The quantitative estimate of drug-likeness (QED) is 0.614. The van der Waals surface area contributed by atoms with E-state index in [2.05, 4.69) is 5.32 Å². The largest absolute Gasteiger partial charge is 0.350 e. The van der Waals surface area contributed by atoms with Gasteiger partial charge in [-0.25, -0.2) is 8.42 Å². The first-order chi connectivity index (χ1) is 13.9. The Balaban J connectivity index is 1.81. The van der Waals surface area contributed by atoms with Crippen molar-refractivity contribution < 1.29 is 13.2 Å². The first kappa shape index (κ1) is 20.9. The van der Waals surface area contributed by atoms with Crippen LogP contribution in [0, 0.1) is 6.92 Å². The summed E-state index contributed by atoms with van der Waals surface area (Å²) in [7, 11) is -3.90. The minimum Gasteiger partial charge on any atom is -0.350 e. The van der Waals surface area contributed by atoms with Crippen molar-refractivity contribution >= 4 is 33.2 Å². The van der Waals surface area contributed by atoms with Crippen LogP contribution in [0.1, 0.15) is 11.1 Å². The molecule has 7 heteroatoms. The Morgan fingerprint density at radius 3 is 2.17 bits per heavy atom. The van der Waals surface area contributed by atoms with E-state index in [0.717, 1.165) is 15.4 Å². The number of carbonyl (C=O) groups is 1. The van der Waals surface area contributed by atoms with Gasteiger partial charge in [-0.05, 0) is 48.9 Å². The van der Waals surface area contributed by atoms with Crippen molar-refractivity contribution in [2.75, 3.05) is 10.8 Å². The number of para-hydroxylation sites is 1. The molecular formula is C22H21ClN2O3S. The number of nitrogens with zero attached hydrogens (tertiary/aromatic N) is 1. The molecule has 0 aliphatic heterocycles. The number of rotatable bonds is 7. The van der Waals surface area contributed by atoms with Gasteiger partial charge in [0.2, 0.25) is 5.91 Å². The standard InChI is InChI=1S/C22H21ClN2O3S/c1-17-7-13-21(14-8-17)29(27,28)25(20-5-3-2-4-6-20)16-22(26)24-15-18-9-11-19(23)12-10-18/h2-14H,15-16H2,1H3,(H,24,26). The zero-order valence-corrected chi connectivity index (χ0v) is 17.5. The molecule has 0 heterocycles. The van der Waals surface area contributed by atoms with Gasteiger partial charge in [0, 0.05) is 11.6 Å². The van der Waals surface area contributed by atoms with E-state index in [4.69, 9.17) is 11.6 Å². The van der Waals surface area contributed by atoms with Gasteiger partial charge in [-0.15, -0.1) is 0 Å². The van der Waals surface area contributed by atoms with Crippen LogP contribution in [-0.4, -0.2) is 20.9 Å². The summed E-state index contributed by atoms with van der Waals surface area (Å²) in [4.78, 5) is 12.7. The third kappa shape index (κ3) is 5.37. The molecule has 1 N–H and O–H groups in total. The zero-order valence-electron chi connectivity index (χ0n) is 15.9. The molecule has 3 aromatic rings. The van der Waals surface area contributed by atoms with Crippen molar-refractivity contribution in [3.8, 4) is 0 Å². The molecule has 3 aromatic carbocycles. The molecule has 0 saturated carbocycles. The van der Waals surface area contributed by atoms with Crippen molar-refractivity contribution in [1.82, 2.24) is 5.32 Å². The van der Waals surface area contributed by atoms with Crippen LogP contribution in [0.4, 0.5) is 5.69 Å². The molecule has 0 atom stereocenters. The number of hydrogen-bond donors (Lipinski definition) is 1. The van der Waals surface area contributed by atoms with Gasteiger partial charge in [-0.2, -0.15) is 0 Å². The number of sulfonamides is 1. The third-order valence-corrected chi connectivity index (χ3v) is 6.38. The highest BCUT2D eigenvalue weighted by atomic mass is 35.5. The third-order valence-electron chi connectivity index (χ3n) is 4.34. The second-order valence-corrected chi connectivity index (χ2v) is 8.86. The van der Waals surface area contributed by atoms with Gasteiger partial charge in [-0.1, -0.05) is 59.6 Å². The second kappa shape index (κ2) is 9.11. The Hall–Kier alpha value is -2.83. The Kier molecular flexibility index (Phi) is 6.56. The van der Waals surface area contributed by atoms with E-state index < -0.39 is 15.9 Å². The van der Waals surface area contributed by atoms with Crippen LogP contribution in [-0.2, 0) is 21.4 Å². The zero-order chi connectivity index (χ0) is 20.9. The van der Waals surface area contributed by atoms with E-state index in [-0.39, 0.29) is 18.0 Å². The topological polar surface area (TPSA) is 66.5 Å². The highest BCUT2D eigenvalue weighted by molar-refractivity contribution is 7.92. The van der Waals surface area contributed by atoms with Crippen LogP contribution >= 0.6 is 11.6 Å². The van der Waals surface area contributed by atoms with E-state index >= 15 is 0 Å². The number of benzene rings is 3. The molecule has 150 valence electrons. The van der Waals surface area contributed by atoms with Crippen LogP contribution in [0.15, 0.2) is 83.8 Å². The average Bonchev–Trinajstić information content (AvgIpc) is 2.72. The lowest BCUT2D eigenvalue weighted by molar-refractivity contribution is -0.119. The molecular weight excluding hydrogens is 408 g/mol. The number of nitrogens with one attached hydrogen (secondary N) is 1. The fourth-order valence-electron chi connectivity index (χ4n) is 2.74. The molecule has 5 nitrogen and oxygen atoms in total. The summed E-state index contributed by atoms with van der Waals surface area (Å²) >= 11 is 5.87. The molecule has 0 aliphatic carbocycles.